The standard InChI is InChI=1S/C20H25BrN2O/c1-22-11-12-23(13-14-24-20-9-7-18(21)8-10-20)19(16-22)15-17-5-3-2-4-6-17/h2-10,19H,11-16H2,1H3/t19-/m1/s1. The van der Waals surface area contributed by atoms with Crippen LogP contribution in [0.5, 0.6) is 5.75 Å². The maximum Gasteiger partial charge on any atom is 0.119 e. The Bertz CT molecular complexity index is 617. The van der Waals surface area contributed by atoms with Crippen molar-refractivity contribution in [2.24, 2.45) is 0 Å². The van der Waals surface area contributed by atoms with Gasteiger partial charge in [-0.25, -0.2) is 0 Å². The first-order valence-corrected chi connectivity index (χ1v) is 9.35. The Morgan fingerprint density at radius 2 is 1.79 bits per heavy atom. The molecule has 3 nitrogen and oxygen atoms in total. The Labute approximate surface area is 153 Å². The zero-order valence-electron chi connectivity index (χ0n) is 14.2. The first kappa shape index (κ1) is 17.5. The van der Waals surface area contributed by atoms with E-state index >= 15 is 0 Å². The van der Waals surface area contributed by atoms with Crippen LogP contribution in [0.1, 0.15) is 5.56 Å². The molecular formula is C20H25BrN2O. The molecule has 128 valence electrons. The summed E-state index contributed by atoms with van der Waals surface area (Å²) >= 11 is 3.45. The summed E-state index contributed by atoms with van der Waals surface area (Å²) in [5.41, 5.74) is 1.41. The van der Waals surface area contributed by atoms with E-state index in [1.165, 1.54) is 5.56 Å². The molecule has 0 N–H and O–H groups in total. The summed E-state index contributed by atoms with van der Waals surface area (Å²) < 4.78 is 6.99. The Kier molecular flexibility index (Phi) is 6.30. The third-order valence-electron chi connectivity index (χ3n) is 4.58. The molecule has 24 heavy (non-hydrogen) atoms. The van der Waals surface area contributed by atoms with Gasteiger partial charge >= 0.3 is 0 Å². The zero-order chi connectivity index (χ0) is 16.8. The molecular weight excluding hydrogens is 364 g/mol. The van der Waals surface area contributed by atoms with Gasteiger partial charge in [-0.05, 0) is 43.3 Å². The summed E-state index contributed by atoms with van der Waals surface area (Å²) in [4.78, 5) is 5.01. The fourth-order valence-corrected chi connectivity index (χ4v) is 3.50. The summed E-state index contributed by atoms with van der Waals surface area (Å²) in [7, 11) is 2.22. The average molecular weight is 389 g/mol. The van der Waals surface area contributed by atoms with E-state index in [4.69, 9.17) is 4.74 Å². The molecule has 1 atom stereocenters. The molecule has 0 saturated carbocycles. The molecule has 0 radical (unpaired) electrons. The molecule has 3 rings (SSSR count). The highest BCUT2D eigenvalue weighted by Gasteiger charge is 2.25. The summed E-state index contributed by atoms with van der Waals surface area (Å²) in [5.74, 6) is 0.937. The Balaban J connectivity index is 1.54. The number of nitrogens with zero attached hydrogens (tertiary/aromatic N) is 2. The number of benzene rings is 2. The lowest BCUT2D eigenvalue weighted by atomic mass is 10.0. The smallest absolute Gasteiger partial charge is 0.119 e. The van der Waals surface area contributed by atoms with Crippen LogP contribution >= 0.6 is 15.9 Å². The van der Waals surface area contributed by atoms with Crippen molar-refractivity contribution in [3.63, 3.8) is 0 Å². The van der Waals surface area contributed by atoms with Crippen LogP contribution in [-0.4, -0.2) is 55.7 Å². The molecule has 2 aromatic rings. The number of ether oxygens (including phenoxy) is 1. The second-order valence-corrected chi connectivity index (χ2v) is 7.36. The SMILES string of the molecule is CN1CCN(CCOc2ccc(Br)cc2)[C@H](Cc2ccccc2)C1. The van der Waals surface area contributed by atoms with E-state index in [0.717, 1.165) is 49.4 Å². The minimum Gasteiger partial charge on any atom is -0.492 e. The van der Waals surface area contributed by atoms with Crippen molar-refractivity contribution in [3.8, 4) is 5.75 Å². The lowest BCUT2D eigenvalue weighted by molar-refractivity contribution is 0.0766. The molecule has 2 aromatic carbocycles. The third-order valence-corrected chi connectivity index (χ3v) is 5.11. The summed E-state index contributed by atoms with van der Waals surface area (Å²) in [5, 5.41) is 0. The van der Waals surface area contributed by atoms with Gasteiger partial charge in [-0.15, -0.1) is 0 Å². The van der Waals surface area contributed by atoms with Gasteiger partial charge in [0.25, 0.3) is 0 Å². The second-order valence-electron chi connectivity index (χ2n) is 6.44. The third kappa shape index (κ3) is 5.07. The number of hydrogen-bond acceptors (Lipinski definition) is 3. The van der Waals surface area contributed by atoms with Crippen molar-refractivity contribution >= 4 is 15.9 Å². The number of hydrogen-bond donors (Lipinski definition) is 0. The van der Waals surface area contributed by atoms with Crippen molar-refractivity contribution in [1.82, 2.24) is 9.80 Å². The van der Waals surface area contributed by atoms with E-state index in [1.54, 1.807) is 0 Å². The van der Waals surface area contributed by atoms with Gasteiger partial charge in [0.2, 0.25) is 0 Å². The van der Waals surface area contributed by atoms with Crippen molar-refractivity contribution in [2.45, 2.75) is 12.5 Å². The van der Waals surface area contributed by atoms with Crippen LogP contribution in [-0.2, 0) is 6.42 Å². The fraction of sp³-hybridized carbons (Fsp3) is 0.400. The van der Waals surface area contributed by atoms with E-state index in [1.807, 2.05) is 24.3 Å². The molecule has 1 heterocycles. The average Bonchev–Trinajstić information content (AvgIpc) is 2.59. The van der Waals surface area contributed by atoms with Gasteiger partial charge in [-0.3, -0.25) is 4.90 Å². The number of halogens is 1. The highest BCUT2D eigenvalue weighted by molar-refractivity contribution is 9.10. The van der Waals surface area contributed by atoms with E-state index in [9.17, 15) is 0 Å². The van der Waals surface area contributed by atoms with Crippen molar-refractivity contribution < 1.29 is 4.74 Å². The summed E-state index contributed by atoms with van der Waals surface area (Å²) in [6.07, 6.45) is 1.10. The van der Waals surface area contributed by atoms with Crippen molar-refractivity contribution in [2.75, 3.05) is 39.8 Å². The van der Waals surface area contributed by atoms with Crippen LogP contribution in [0.25, 0.3) is 0 Å². The van der Waals surface area contributed by atoms with E-state index in [-0.39, 0.29) is 0 Å². The fourth-order valence-electron chi connectivity index (χ4n) is 3.23. The van der Waals surface area contributed by atoms with Gasteiger partial charge in [0.05, 0.1) is 0 Å². The molecule has 1 aliphatic heterocycles. The summed E-state index contributed by atoms with van der Waals surface area (Å²) in [6, 6.07) is 19.4. The van der Waals surface area contributed by atoms with Gasteiger partial charge in [-0.1, -0.05) is 46.3 Å². The minimum absolute atomic E-state index is 0.555. The molecule has 1 saturated heterocycles. The Morgan fingerprint density at radius 3 is 2.54 bits per heavy atom. The molecule has 0 spiro atoms. The minimum atomic E-state index is 0.555. The molecule has 4 heteroatoms. The topological polar surface area (TPSA) is 15.7 Å². The van der Waals surface area contributed by atoms with Crippen molar-refractivity contribution in [3.05, 3.63) is 64.6 Å². The van der Waals surface area contributed by atoms with Crippen molar-refractivity contribution in [1.29, 1.82) is 0 Å². The molecule has 0 unspecified atom stereocenters. The highest BCUT2D eigenvalue weighted by Crippen LogP contribution is 2.17. The van der Waals surface area contributed by atoms with Crippen LogP contribution in [0.2, 0.25) is 0 Å². The molecule has 0 amide bonds. The van der Waals surface area contributed by atoms with Crippen LogP contribution in [0.3, 0.4) is 0 Å². The maximum absolute atomic E-state index is 5.91. The van der Waals surface area contributed by atoms with Crippen LogP contribution < -0.4 is 4.74 Å². The monoisotopic (exact) mass is 388 g/mol. The largest absolute Gasteiger partial charge is 0.492 e. The van der Waals surface area contributed by atoms with E-state index < -0.39 is 0 Å². The number of piperazine rings is 1. The molecule has 0 bridgehead atoms. The Morgan fingerprint density at radius 1 is 1.04 bits per heavy atom. The van der Waals surface area contributed by atoms with E-state index in [2.05, 4.69) is 63.1 Å². The van der Waals surface area contributed by atoms with Crippen LogP contribution in [0.15, 0.2) is 59.1 Å². The number of likely N-dealkylation sites (N-methyl/N-ethyl adjacent to an activating group) is 1. The zero-order valence-corrected chi connectivity index (χ0v) is 15.8. The molecule has 1 fully saturated rings. The van der Waals surface area contributed by atoms with Gasteiger partial charge in [-0.2, -0.15) is 0 Å². The predicted molar refractivity (Wildman–Crippen MR) is 103 cm³/mol. The lowest BCUT2D eigenvalue weighted by Crippen LogP contribution is -2.53. The molecule has 1 aliphatic rings. The summed E-state index contributed by atoms with van der Waals surface area (Å²) in [6.45, 7) is 5.06. The number of rotatable bonds is 6. The van der Waals surface area contributed by atoms with Gasteiger partial charge < -0.3 is 9.64 Å². The first-order chi connectivity index (χ1) is 11.7. The Hall–Kier alpha value is -1.36. The lowest BCUT2D eigenvalue weighted by Gasteiger charge is -2.40. The normalized spacial score (nSPS) is 19.3. The molecule has 0 aliphatic carbocycles. The van der Waals surface area contributed by atoms with Crippen LogP contribution in [0.4, 0.5) is 0 Å². The van der Waals surface area contributed by atoms with E-state index in [0.29, 0.717) is 6.04 Å². The van der Waals surface area contributed by atoms with Crippen LogP contribution in [0, 0.1) is 0 Å². The second kappa shape index (κ2) is 8.65. The van der Waals surface area contributed by atoms with Gasteiger partial charge in [0, 0.05) is 36.7 Å². The predicted octanol–water partition coefficient (Wildman–Crippen LogP) is 3.69. The molecule has 0 aromatic heterocycles. The maximum atomic E-state index is 5.91. The first-order valence-electron chi connectivity index (χ1n) is 8.55. The van der Waals surface area contributed by atoms with Gasteiger partial charge in [0.1, 0.15) is 12.4 Å². The van der Waals surface area contributed by atoms with Gasteiger partial charge in [0.15, 0.2) is 0 Å². The highest BCUT2D eigenvalue weighted by atomic mass is 79.9. The quantitative estimate of drug-likeness (QED) is 0.750.